The minimum Gasteiger partial charge on any atom is -0.379 e. The second-order valence-corrected chi connectivity index (χ2v) is 3.12. The molecular formula is C10H14N4O. The van der Waals surface area contributed by atoms with E-state index in [0.717, 1.165) is 32.0 Å². The van der Waals surface area contributed by atoms with Crippen molar-refractivity contribution in [3.05, 3.63) is 30.7 Å². The normalized spacial score (nSPS) is 15.7. The molecule has 5 nitrogen and oxygen atoms in total. The van der Waals surface area contributed by atoms with Crippen molar-refractivity contribution in [1.29, 1.82) is 0 Å². The fourth-order valence-electron chi connectivity index (χ4n) is 1.28. The van der Waals surface area contributed by atoms with E-state index in [9.17, 15) is 0 Å². The lowest BCUT2D eigenvalue weighted by Gasteiger charge is -2.10. The van der Waals surface area contributed by atoms with Crippen molar-refractivity contribution < 1.29 is 4.74 Å². The largest absolute Gasteiger partial charge is 0.379 e. The third kappa shape index (κ3) is 3.00. The fourth-order valence-corrected chi connectivity index (χ4v) is 1.28. The number of morpholine rings is 1. The zero-order chi connectivity index (χ0) is 10.3. The van der Waals surface area contributed by atoms with Crippen molar-refractivity contribution in [3.63, 3.8) is 0 Å². The summed E-state index contributed by atoms with van der Waals surface area (Å²) < 4.78 is 6.73. The maximum absolute atomic E-state index is 5.01. The third-order valence-corrected chi connectivity index (χ3v) is 2.02. The second-order valence-electron chi connectivity index (χ2n) is 3.12. The van der Waals surface area contributed by atoms with Crippen LogP contribution in [-0.2, 0) is 4.74 Å². The van der Waals surface area contributed by atoms with Crippen LogP contribution in [0.3, 0.4) is 0 Å². The van der Waals surface area contributed by atoms with Gasteiger partial charge in [-0.05, 0) is 12.1 Å². The lowest BCUT2D eigenvalue weighted by molar-refractivity contribution is 0.109. The number of nitrogens with zero attached hydrogens (tertiary/aromatic N) is 3. The van der Waals surface area contributed by atoms with E-state index in [1.165, 1.54) is 0 Å². The Morgan fingerprint density at radius 2 is 2.13 bits per heavy atom. The molecule has 5 heteroatoms. The molecule has 1 saturated heterocycles. The van der Waals surface area contributed by atoms with Crippen LogP contribution in [0.2, 0.25) is 0 Å². The van der Waals surface area contributed by atoms with Crippen LogP contribution in [0.5, 0.6) is 0 Å². The van der Waals surface area contributed by atoms with Gasteiger partial charge in [0.25, 0.3) is 0 Å². The Morgan fingerprint density at radius 1 is 1.27 bits per heavy atom. The molecular weight excluding hydrogens is 192 g/mol. The number of rotatable bonds is 0. The minimum atomic E-state index is 0.887. The number of imidazole rings is 1. The number of aromatic nitrogens is 3. The summed E-state index contributed by atoms with van der Waals surface area (Å²) in [6.45, 7) is 3.83. The number of hydrogen-bond donors (Lipinski definition) is 1. The summed E-state index contributed by atoms with van der Waals surface area (Å²) in [4.78, 5) is 4.02. The van der Waals surface area contributed by atoms with Crippen molar-refractivity contribution in [2.75, 3.05) is 26.3 Å². The Kier molecular flexibility index (Phi) is 3.64. The summed E-state index contributed by atoms with van der Waals surface area (Å²) in [6, 6.07) is 3.77. The lowest BCUT2D eigenvalue weighted by atomic mass is 10.5. The predicted molar refractivity (Wildman–Crippen MR) is 56.7 cm³/mol. The van der Waals surface area contributed by atoms with Gasteiger partial charge in [-0.25, -0.2) is 9.50 Å². The number of fused-ring (bicyclic) bond motifs is 1. The van der Waals surface area contributed by atoms with Crippen molar-refractivity contribution in [2.24, 2.45) is 0 Å². The van der Waals surface area contributed by atoms with Gasteiger partial charge in [-0.3, -0.25) is 0 Å². The first-order valence-corrected chi connectivity index (χ1v) is 4.99. The summed E-state index contributed by atoms with van der Waals surface area (Å²) in [6.07, 6.45) is 5.27. The van der Waals surface area contributed by atoms with E-state index in [1.54, 1.807) is 16.9 Å². The van der Waals surface area contributed by atoms with Gasteiger partial charge in [-0.15, -0.1) is 0 Å². The first-order valence-electron chi connectivity index (χ1n) is 4.99. The van der Waals surface area contributed by atoms with Crippen LogP contribution in [0.15, 0.2) is 30.7 Å². The van der Waals surface area contributed by atoms with Gasteiger partial charge in [0.2, 0.25) is 0 Å². The van der Waals surface area contributed by atoms with Gasteiger partial charge >= 0.3 is 0 Å². The van der Waals surface area contributed by atoms with Crippen molar-refractivity contribution in [2.45, 2.75) is 0 Å². The quantitative estimate of drug-likeness (QED) is 0.675. The zero-order valence-corrected chi connectivity index (χ0v) is 8.47. The summed E-state index contributed by atoms with van der Waals surface area (Å²) in [5.74, 6) is 0. The summed E-state index contributed by atoms with van der Waals surface area (Å²) in [5, 5.41) is 7.16. The third-order valence-electron chi connectivity index (χ3n) is 2.02. The Labute approximate surface area is 88.1 Å². The molecule has 15 heavy (non-hydrogen) atoms. The van der Waals surface area contributed by atoms with E-state index in [1.807, 2.05) is 18.3 Å². The standard InChI is InChI=1S/C6H5N3.C4H9NO/c1-2-6-7-4-5-9(6)8-3-1;1-3-6-4-2-5-1/h1-5H;5H,1-4H2. The predicted octanol–water partition coefficient (Wildman–Crippen LogP) is 0.335. The molecule has 0 saturated carbocycles. The van der Waals surface area contributed by atoms with Gasteiger partial charge in [-0.2, -0.15) is 5.10 Å². The number of nitrogens with one attached hydrogen (secondary N) is 1. The topological polar surface area (TPSA) is 51.5 Å². The summed E-state index contributed by atoms with van der Waals surface area (Å²) >= 11 is 0. The second kappa shape index (κ2) is 5.43. The molecule has 1 aliphatic heterocycles. The van der Waals surface area contributed by atoms with Crippen LogP contribution in [-0.4, -0.2) is 40.9 Å². The van der Waals surface area contributed by atoms with Crippen LogP contribution in [0.1, 0.15) is 0 Å². The average molecular weight is 206 g/mol. The van der Waals surface area contributed by atoms with Gasteiger partial charge in [-0.1, -0.05) is 0 Å². The van der Waals surface area contributed by atoms with E-state index < -0.39 is 0 Å². The zero-order valence-electron chi connectivity index (χ0n) is 8.47. The molecule has 0 radical (unpaired) electrons. The molecule has 1 N–H and O–H groups in total. The molecule has 0 bridgehead atoms. The Morgan fingerprint density at radius 3 is 2.73 bits per heavy atom. The molecule has 1 fully saturated rings. The summed E-state index contributed by atoms with van der Waals surface area (Å²) in [5.41, 5.74) is 0.887. The van der Waals surface area contributed by atoms with E-state index in [-0.39, 0.29) is 0 Å². The summed E-state index contributed by atoms with van der Waals surface area (Å²) in [7, 11) is 0. The van der Waals surface area contributed by atoms with Gasteiger partial charge < -0.3 is 10.1 Å². The van der Waals surface area contributed by atoms with Crippen LogP contribution < -0.4 is 5.32 Å². The van der Waals surface area contributed by atoms with E-state index in [0.29, 0.717) is 0 Å². The first kappa shape index (κ1) is 10.1. The SMILES string of the molecule is C1COCCN1.c1cnn2ccnc2c1. The van der Waals surface area contributed by atoms with Crippen molar-refractivity contribution >= 4 is 5.65 Å². The van der Waals surface area contributed by atoms with Crippen LogP contribution in [0, 0.1) is 0 Å². The molecule has 3 rings (SSSR count). The fraction of sp³-hybridized carbons (Fsp3) is 0.400. The Hall–Kier alpha value is -1.46. The van der Waals surface area contributed by atoms with Crippen LogP contribution in [0.25, 0.3) is 5.65 Å². The lowest BCUT2D eigenvalue weighted by Crippen LogP contribution is -2.30. The molecule has 2 aromatic heterocycles. The van der Waals surface area contributed by atoms with Crippen LogP contribution in [0.4, 0.5) is 0 Å². The highest BCUT2D eigenvalue weighted by Crippen LogP contribution is 1.93. The molecule has 0 aliphatic carbocycles. The number of ether oxygens (including phenoxy) is 1. The molecule has 3 heterocycles. The minimum absolute atomic E-state index is 0.887. The highest BCUT2D eigenvalue weighted by atomic mass is 16.5. The molecule has 0 unspecified atom stereocenters. The van der Waals surface area contributed by atoms with Crippen molar-refractivity contribution in [3.8, 4) is 0 Å². The molecule has 0 spiro atoms. The molecule has 0 aromatic carbocycles. The molecule has 80 valence electrons. The first-order chi connectivity index (χ1) is 7.47. The maximum Gasteiger partial charge on any atom is 0.153 e. The van der Waals surface area contributed by atoms with Crippen molar-refractivity contribution in [1.82, 2.24) is 19.9 Å². The van der Waals surface area contributed by atoms with Gasteiger partial charge in [0.05, 0.1) is 13.2 Å². The van der Waals surface area contributed by atoms with Gasteiger partial charge in [0.1, 0.15) is 0 Å². The maximum atomic E-state index is 5.01. The molecule has 2 aromatic rings. The molecule has 0 atom stereocenters. The van der Waals surface area contributed by atoms with Gasteiger partial charge in [0.15, 0.2) is 5.65 Å². The highest BCUT2D eigenvalue weighted by molar-refractivity contribution is 5.34. The Balaban J connectivity index is 0.000000124. The van der Waals surface area contributed by atoms with E-state index >= 15 is 0 Å². The number of hydrogen-bond acceptors (Lipinski definition) is 4. The van der Waals surface area contributed by atoms with Gasteiger partial charge in [0, 0.05) is 31.7 Å². The van der Waals surface area contributed by atoms with Crippen LogP contribution >= 0.6 is 0 Å². The monoisotopic (exact) mass is 206 g/mol. The van der Waals surface area contributed by atoms with E-state index in [4.69, 9.17) is 4.74 Å². The van der Waals surface area contributed by atoms with E-state index in [2.05, 4.69) is 15.4 Å². The smallest absolute Gasteiger partial charge is 0.153 e. The average Bonchev–Trinajstić information content (AvgIpc) is 2.80. The Bertz CT molecular complexity index is 355. The molecule has 1 aliphatic rings. The molecule has 0 amide bonds. The highest BCUT2D eigenvalue weighted by Gasteiger charge is 1.93.